The van der Waals surface area contributed by atoms with Crippen molar-refractivity contribution in [2.24, 2.45) is 0 Å². The lowest BCUT2D eigenvalue weighted by atomic mass is 9.57. The van der Waals surface area contributed by atoms with Crippen LogP contribution in [-0.2, 0) is 5.41 Å². The maximum atomic E-state index is 4.13. The molecule has 0 fully saturated rings. The van der Waals surface area contributed by atoms with Gasteiger partial charge in [0.05, 0.1) is 0 Å². The Balaban J connectivity index is 0.978. The van der Waals surface area contributed by atoms with E-state index in [2.05, 4.69) is 344 Å². The Labute approximate surface area is 499 Å². The third kappa shape index (κ3) is 9.48. The minimum absolute atomic E-state index is 0.314. The fraction of sp³-hybridized carbons (Fsp3) is 0.0370. The van der Waals surface area contributed by atoms with Gasteiger partial charge in [-0.05, 0) is 156 Å². The molecule has 4 heteroatoms. The van der Waals surface area contributed by atoms with Crippen LogP contribution in [0.4, 0.5) is 45.5 Å². The highest BCUT2D eigenvalue weighted by molar-refractivity contribution is 6.73. The van der Waals surface area contributed by atoms with Gasteiger partial charge in [0.2, 0.25) is 0 Å². The van der Waals surface area contributed by atoms with Crippen molar-refractivity contribution in [2.75, 3.05) is 15.1 Å². The first-order chi connectivity index (χ1) is 41.9. The van der Waals surface area contributed by atoms with Crippen molar-refractivity contribution in [3.8, 4) is 77.9 Å². The molecule has 0 spiro atoms. The zero-order chi connectivity index (χ0) is 56.8. The first kappa shape index (κ1) is 51.2. The average molecular weight is 1090 g/mol. The van der Waals surface area contributed by atoms with Gasteiger partial charge in [-0.2, -0.15) is 0 Å². The summed E-state index contributed by atoms with van der Waals surface area (Å²) in [5.74, 6) is 0. The molecule has 13 aromatic rings. The van der Waals surface area contributed by atoms with Crippen molar-refractivity contribution in [1.82, 2.24) is 0 Å². The van der Waals surface area contributed by atoms with Gasteiger partial charge in [-0.1, -0.05) is 262 Å². The molecule has 0 bridgehead atoms. The number of nitrogens with one attached hydrogen (secondary N) is 1. The quantitative estimate of drug-likeness (QED) is 0.123. The molecule has 3 nitrogen and oxygen atoms in total. The van der Waals surface area contributed by atoms with E-state index < -0.39 is 0 Å². The number of nitrogens with zero attached hydrogens (tertiary/aromatic N) is 2. The zero-order valence-corrected chi connectivity index (χ0v) is 47.6. The summed E-state index contributed by atoms with van der Waals surface area (Å²) in [6.07, 6.45) is 0. The molecule has 1 N–H and O–H groups in total. The molecule has 0 amide bonds. The van der Waals surface area contributed by atoms with Gasteiger partial charge in [0, 0.05) is 62.0 Å². The van der Waals surface area contributed by atoms with Crippen LogP contribution in [0.5, 0.6) is 0 Å². The molecule has 13 aromatic carbocycles. The summed E-state index contributed by atoms with van der Waals surface area (Å²) >= 11 is 0. The van der Waals surface area contributed by atoms with E-state index in [0.717, 1.165) is 52.5 Å². The highest BCUT2D eigenvalue weighted by Crippen LogP contribution is 2.56. The highest BCUT2D eigenvalue weighted by Gasteiger charge is 2.42. The lowest BCUT2D eigenvalue weighted by Crippen LogP contribution is -2.41. The Kier molecular flexibility index (Phi) is 13.0. The van der Waals surface area contributed by atoms with Crippen LogP contribution in [0.25, 0.3) is 77.9 Å². The monoisotopic (exact) mass is 1090 g/mol. The largest absolute Gasteiger partial charge is 0.355 e. The number of benzene rings is 13. The first-order valence-electron chi connectivity index (χ1n) is 29.5. The molecule has 2 aliphatic rings. The predicted molar refractivity (Wildman–Crippen MR) is 362 cm³/mol. The third-order valence-corrected chi connectivity index (χ3v) is 17.4. The smallest absolute Gasteiger partial charge is 0.198 e. The second-order valence-corrected chi connectivity index (χ2v) is 22.9. The maximum absolute atomic E-state index is 4.13. The molecule has 1 aliphatic heterocycles. The summed E-state index contributed by atoms with van der Waals surface area (Å²) in [5, 5.41) is 4.13. The molecule has 0 radical (unpaired) electrons. The van der Waals surface area contributed by atoms with Crippen LogP contribution >= 0.6 is 0 Å². The molecular weight excluding hydrogens is 1030 g/mol. The highest BCUT2D eigenvalue weighted by atomic mass is 15.2. The molecular formula is C81H60BN3. The lowest BCUT2D eigenvalue weighted by molar-refractivity contribution is 0.661. The topological polar surface area (TPSA) is 18.5 Å². The molecule has 15 rings (SSSR count). The van der Waals surface area contributed by atoms with Crippen molar-refractivity contribution in [2.45, 2.75) is 19.3 Å². The molecule has 402 valence electrons. The third-order valence-electron chi connectivity index (χ3n) is 17.4. The summed E-state index contributed by atoms with van der Waals surface area (Å²) in [5.41, 5.74) is 30.3. The molecule has 0 saturated carbocycles. The summed E-state index contributed by atoms with van der Waals surface area (Å²) in [6, 6.07) is 116. The number of rotatable bonds is 12. The van der Waals surface area contributed by atoms with Crippen molar-refractivity contribution < 1.29 is 0 Å². The fourth-order valence-corrected chi connectivity index (χ4v) is 13.2. The van der Waals surface area contributed by atoms with E-state index >= 15 is 0 Å². The van der Waals surface area contributed by atoms with Crippen molar-refractivity contribution >= 4 is 63.7 Å². The van der Waals surface area contributed by atoms with Gasteiger partial charge in [-0.3, -0.25) is 0 Å². The first-order valence-corrected chi connectivity index (χ1v) is 29.5. The predicted octanol–water partition coefficient (Wildman–Crippen LogP) is 20.4. The van der Waals surface area contributed by atoms with Crippen LogP contribution in [0.3, 0.4) is 0 Å². The molecule has 0 atom stereocenters. The summed E-state index contributed by atoms with van der Waals surface area (Å²) in [4.78, 5) is 5.01. The SMILES string of the molecule is CC1(C)c2ccccc2-c2c1cc(-c1ccc(N(c3ccc(-c4ccccc4)cc3)c3ccc(-c4ccccc4)cc3)cc1Nc1cccc(-c3ccccc3)c1)c1c2N(c2cccc(-c3ccccc3)c2)c2cc(-c3ccccc3)ccc2B1. The fourth-order valence-electron chi connectivity index (χ4n) is 13.2. The van der Waals surface area contributed by atoms with E-state index in [1.807, 2.05) is 0 Å². The molecule has 85 heavy (non-hydrogen) atoms. The van der Waals surface area contributed by atoms with Crippen LogP contribution in [-0.4, -0.2) is 7.28 Å². The van der Waals surface area contributed by atoms with Crippen LogP contribution in [0.15, 0.2) is 315 Å². The van der Waals surface area contributed by atoms with Gasteiger partial charge in [-0.15, -0.1) is 0 Å². The van der Waals surface area contributed by atoms with Gasteiger partial charge < -0.3 is 15.1 Å². The minimum atomic E-state index is -0.314. The van der Waals surface area contributed by atoms with Crippen LogP contribution in [0.2, 0.25) is 0 Å². The van der Waals surface area contributed by atoms with Gasteiger partial charge in [-0.25, -0.2) is 0 Å². The van der Waals surface area contributed by atoms with E-state index in [-0.39, 0.29) is 5.41 Å². The Morgan fingerprint density at radius 2 is 0.800 bits per heavy atom. The van der Waals surface area contributed by atoms with Gasteiger partial charge in [0.25, 0.3) is 0 Å². The van der Waals surface area contributed by atoms with Crippen LogP contribution < -0.4 is 26.0 Å². The van der Waals surface area contributed by atoms with Crippen LogP contribution in [0.1, 0.15) is 25.0 Å². The van der Waals surface area contributed by atoms with E-state index in [0.29, 0.717) is 0 Å². The number of anilines is 8. The van der Waals surface area contributed by atoms with Gasteiger partial charge in [0.15, 0.2) is 7.28 Å². The number of hydrogen-bond donors (Lipinski definition) is 1. The van der Waals surface area contributed by atoms with Gasteiger partial charge in [0.1, 0.15) is 0 Å². The minimum Gasteiger partial charge on any atom is -0.355 e. The van der Waals surface area contributed by atoms with Gasteiger partial charge >= 0.3 is 0 Å². The standard InChI is InChI=1S/C81H60BN3/c1-81(2)73-37-19-18-36-71(73)78-74(81)54-72(79-80(78)85(68-35-21-33-63(51-68)58-28-14-6-15-29-58)77-52-64(42-49-75(77)82-79)59-30-16-7-17-31-59)70-48-47-69(53-76(70)83-65-34-20-32-62(50-65)57-26-12-5-13-27-57)84(66-43-38-60(39-44-66)55-22-8-3-9-23-55)67-45-40-61(41-46-67)56-24-10-4-11-25-56/h3-54,82-83H,1-2H3. The number of hydrogen-bond acceptors (Lipinski definition) is 3. The van der Waals surface area contributed by atoms with E-state index in [9.17, 15) is 0 Å². The molecule has 1 aliphatic carbocycles. The summed E-state index contributed by atoms with van der Waals surface area (Å²) in [7, 11) is 0.734. The summed E-state index contributed by atoms with van der Waals surface area (Å²) < 4.78 is 0. The lowest BCUT2D eigenvalue weighted by Gasteiger charge is -2.38. The van der Waals surface area contributed by atoms with E-state index in [1.54, 1.807) is 0 Å². The van der Waals surface area contributed by atoms with Crippen molar-refractivity contribution in [1.29, 1.82) is 0 Å². The zero-order valence-electron chi connectivity index (χ0n) is 47.6. The molecule has 1 heterocycles. The summed E-state index contributed by atoms with van der Waals surface area (Å²) in [6.45, 7) is 4.83. The Morgan fingerprint density at radius 3 is 1.38 bits per heavy atom. The Hall–Kier alpha value is -10.7. The maximum Gasteiger partial charge on any atom is 0.198 e. The van der Waals surface area contributed by atoms with Crippen molar-refractivity contribution in [3.05, 3.63) is 327 Å². The Morgan fingerprint density at radius 1 is 0.341 bits per heavy atom. The second-order valence-electron chi connectivity index (χ2n) is 22.9. The normalized spacial score (nSPS) is 12.5. The van der Waals surface area contributed by atoms with Crippen molar-refractivity contribution in [3.63, 3.8) is 0 Å². The van der Waals surface area contributed by atoms with E-state index in [1.165, 1.54) is 100 Å². The van der Waals surface area contributed by atoms with E-state index in [4.69, 9.17) is 0 Å². The molecule has 0 saturated heterocycles. The molecule has 0 unspecified atom stereocenters. The Bertz CT molecular complexity index is 4500. The average Bonchev–Trinajstić information content (AvgIpc) is 3.42. The van der Waals surface area contributed by atoms with Crippen LogP contribution in [0, 0.1) is 0 Å². The number of fused-ring (bicyclic) bond motifs is 6. The molecule has 0 aromatic heterocycles. The second kappa shape index (κ2) is 21.6.